The van der Waals surface area contributed by atoms with Crippen LogP contribution in [-0.4, -0.2) is 21.9 Å². The van der Waals surface area contributed by atoms with Crippen molar-refractivity contribution >= 4 is 5.97 Å². The summed E-state index contributed by atoms with van der Waals surface area (Å²) in [7, 11) is 0. The number of hydrogen-bond acceptors (Lipinski definition) is 3. The zero-order valence-corrected chi connectivity index (χ0v) is 13.3. The molecule has 0 aliphatic carbocycles. The van der Waals surface area contributed by atoms with Gasteiger partial charge in [-0.15, -0.1) is 0 Å². The molecule has 0 radical (unpaired) electrons. The molecule has 1 aromatic carbocycles. The first-order chi connectivity index (χ1) is 9.93. The van der Waals surface area contributed by atoms with Crippen molar-refractivity contribution in [1.82, 2.24) is 9.78 Å². The van der Waals surface area contributed by atoms with Gasteiger partial charge in [0.15, 0.2) is 0 Å². The lowest BCUT2D eigenvalue weighted by Gasteiger charge is -2.09. The molecule has 0 spiro atoms. The summed E-state index contributed by atoms with van der Waals surface area (Å²) in [6.45, 7) is 9.91. The van der Waals surface area contributed by atoms with Crippen molar-refractivity contribution in [3.63, 3.8) is 0 Å². The molecule has 0 aliphatic heterocycles. The van der Waals surface area contributed by atoms with Crippen molar-refractivity contribution in [3.05, 3.63) is 46.8 Å². The number of aromatic nitrogens is 2. The van der Waals surface area contributed by atoms with Crippen molar-refractivity contribution < 1.29 is 9.53 Å². The Bertz CT molecular complexity index is 640. The summed E-state index contributed by atoms with van der Waals surface area (Å²) >= 11 is 0. The molecule has 21 heavy (non-hydrogen) atoms. The van der Waals surface area contributed by atoms with Crippen molar-refractivity contribution in [2.45, 2.75) is 47.1 Å². The van der Waals surface area contributed by atoms with Crippen LogP contribution in [0.15, 0.2) is 24.3 Å². The zero-order valence-electron chi connectivity index (χ0n) is 13.3. The van der Waals surface area contributed by atoms with E-state index >= 15 is 0 Å². The van der Waals surface area contributed by atoms with E-state index in [0.29, 0.717) is 5.56 Å². The highest BCUT2D eigenvalue weighted by atomic mass is 16.5. The van der Waals surface area contributed by atoms with Crippen LogP contribution in [0.25, 0.3) is 5.69 Å². The number of carbonyl (C=O) groups excluding carboxylic acids is 1. The first kappa shape index (κ1) is 15.3. The first-order valence-electron chi connectivity index (χ1n) is 7.30. The van der Waals surface area contributed by atoms with E-state index in [4.69, 9.17) is 4.74 Å². The van der Waals surface area contributed by atoms with Crippen LogP contribution in [-0.2, 0) is 11.2 Å². The minimum Gasteiger partial charge on any atom is -0.459 e. The maximum absolute atomic E-state index is 11.8. The summed E-state index contributed by atoms with van der Waals surface area (Å²) in [5.74, 6) is -0.292. The van der Waals surface area contributed by atoms with E-state index < -0.39 is 0 Å². The maximum atomic E-state index is 11.8. The van der Waals surface area contributed by atoms with Gasteiger partial charge in [-0.05, 0) is 63.9 Å². The number of rotatable bonds is 4. The molecule has 1 aromatic heterocycles. The molecule has 1 heterocycles. The predicted octanol–water partition coefficient (Wildman–Crippen LogP) is 3.62. The Morgan fingerprint density at radius 1 is 1.24 bits per heavy atom. The van der Waals surface area contributed by atoms with E-state index in [1.54, 1.807) is 12.1 Å². The lowest BCUT2D eigenvalue weighted by Crippen LogP contribution is -2.11. The molecule has 0 amide bonds. The Labute approximate surface area is 125 Å². The zero-order chi connectivity index (χ0) is 15.6. The SMILES string of the molecule is CCc1c(C)nn(-c2ccc(C(=O)OC(C)C)cc2)c1C. The van der Waals surface area contributed by atoms with Crippen LogP contribution in [0.5, 0.6) is 0 Å². The summed E-state index contributed by atoms with van der Waals surface area (Å²) < 4.78 is 7.11. The Morgan fingerprint density at radius 2 is 1.86 bits per heavy atom. The Morgan fingerprint density at radius 3 is 2.33 bits per heavy atom. The van der Waals surface area contributed by atoms with E-state index in [9.17, 15) is 4.79 Å². The third-order valence-corrected chi connectivity index (χ3v) is 3.49. The maximum Gasteiger partial charge on any atom is 0.338 e. The van der Waals surface area contributed by atoms with E-state index in [1.165, 1.54) is 5.56 Å². The molecule has 0 unspecified atom stereocenters. The summed E-state index contributed by atoms with van der Waals surface area (Å²) in [6.07, 6.45) is 0.858. The third-order valence-electron chi connectivity index (χ3n) is 3.49. The molecule has 0 aliphatic rings. The number of esters is 1. The fourth-order valence-corrected chi connectivity index (χ4v) is 2.46. The van der Waals surface area contributed by atoms with Crippen molar-refractivity contribution in [2.75, 3.05) is 0 Å². The number of nitrogens with zero attached hydrogens (tertiary/aromatic N) is 2. The summed E-state index contributed by atoms with van der Waals surface area (Å²) in [5.41, 5.74) is 4.99. The van der Waals surface area contributed by atoms with Crippen LogP contribution in [0, 0.1) is 13.8 Å². The average molecular weight is 286 g/mol. The van der Waals surface area contributed by atoms with Gasteiger partial charge in [0.05, 0.1) is 23.0 Å². The second-order valence-corrected chi connectivity index (χ2v) is 5.42. The third kappa shape index (κ3) is 3.15. The highest BCUT2D eigenvalue weighted by molar-refractivity contribution is 5.89. The fraction of sp³-hybridized carbons (Fsp3) is 0.412. The van der Waals surface area contributed by atoms with Gasteiger partial charge < -0.3 is 4.74 Å². The Hall–Kier alpha value is -2.10. The molecule has 0 saturated carbocycles. The molecular formula is C17H22N2O2. The lowest BCUT2D eigenvalue weighted by atomic mass is 10.1. The van der Waals surface area contributed by atoms with Crippen LogP contribution >= 0.6 is 0 Å². The van der Waals surface area contributed by atoms with Crippen LogP contribution in [0.1, 0.15) is 48.1 Å². The average Bonchev–Trinajstić information content (AvgIpc) is 2.73. The second-order valence-electron chi connectivity index (χ2n) is 5.42. The van der Waals surface area contributed by atoms with Crippen molar-refractivity contribution in [1.29, 1.82) is 0 Å². The van der Waals surface area contributed by atoms with Gasteiger partial charge in [0.2, 0.25) is 0 Å². The fourth-order valence-electron chi connectivity index (χ4n) is 2.46. The standard InChI is InChI=1S/C17H22N2O2/c1-6-16-12(4)18-19(13(16)5)15-9-7-14(8-10-15)17(20)21-11(2)3/h7-11H,6H2,1-5H3. The van der Waals surface area contributed by atoms with Crippen molar-refractivity contribution in [3.8, 4) is 5.69 Å². The number of aryl methyl sites for hydroxylation is 1. The molecule has 4 nitrogen and oxygen atoms in total. The number of ether oxygens (including phenoxy) is 1. The number of hydrogen-bond donors (Lipinski definition) is 0. The normalized spacial score (nSPS) is 11.0. The minimum absolute atomic E-state index is 0.111. The van der Waals surface area contributed by atoms with Gasteiger partial charge in [-0.1, -0.05) is 6.92 Å². The monoisotopic (exact) mass is 286 g/mol. The predicted molar refractivity (Wildman–Crippen MR) is 83.0 cm³/mol. The highest BCUT2D eigenvalue weighted by Crippen LogP contribution is 2.19. The molecular weight excluding hydrogens is 264 g/mol. The van der Waals surface area contributed by atoms with Crippen molar-refractivity contribution in [2.24, 2.45) is 0 Å². The van der Waals surface area contributed by atoms with E-state index in [1.807, 2.05) is 37.6 Å². The molecule has 112 valence electrons. The molecule has 4 heteroatoms. The molecule has 0 bridgehead atoms. The van der Waals surface area contributed by atoms with Gasteiger partial charge in [0.25, 0.3) is 0 Å². The summed E-state index contributed by atoms with van der Waals surface area (Å²) in [5, 5.41) is 4.57. The van der Waals surface area contributed by atoms with E-state index in [0.717, 1.165) is 23.5 Å². The van der Waals surface area contributed by atoms with Crippen LogP contribution in [0.3, 0.4) is 0 Å². The van der Waals surface area contributed by atoms with Gasteiger partial charge in [-0.25, -0.2) is 9.48 Å². The van der Waals surface area contributed by atoms with Crippen LogP contribution in [0.2, 0.25) is 0 Å². The van der Waals surface area contributed by atoms with Gasteiger partial charge in [-0.2, -0.15) is 5.10 Å². The van der Waals surface area contributed by atoms with Gasteiger partial charge >= 0.3 is 5.97 Å². The highest BCUT2D eigenvalue weighted by Gasteiger charge is 2.13. The Kier molecular flexibility index (Phi) is 4.46. The van der Waals surface area contributed by atoms with E-state index in [-0.39, 0.29) is 12.1 Å². The van der Waals surface area contributed by atoms with E-state index in [2.05, 4.69) is 18.9 Å². The lowest BCUT2D eigenvalue weighted by molar-refractivity contribution is 0.0378. The Balaban J connectivity index is 2.29. The minimum atomic E-state index is -0.292. The summed E-state index contributed by atoms with van der Waals surface area (Å²) in [6, 6.07) is 7.36. The van der Waals surface area contributed by atoms with Crippen LogP contribution in [0.4, 0.5) is 0 Å². The van der Waals surface area contributed by atoms with Gasteiger partial charge in [0, 0.05) is 5.69 Å². The molecule has 2 aromatic rings. The van der Waals surface area contributed by atoms with Gasteiger partial charge in [0.1, 0.15) is 0 Å². The van der Waals surface area contributed by atoms with Gasteiger partial charge in [-0.3, -0.25) is 0 Å². The van der Waals surface area contributed by atoms with Crippen LogP contribution < -0.4 is 0 Å². The topological polar surface area (TPSA) is 44.1 Å². The largest absolute Gasteiger partial charge is 0.459 e. The smallest absolute Gasteiger partial charge is 0.338 e. The molecule has 0 atom stereocenters. The number of benzene rings is 1. The second kappa shape index (κ2) is 6.12. The summed E-state index contributed by atoms with van der Waals surface area (Å²) in [4.78, 5) is 11.8. The molecule has 0 saturated heterocycles. The molecule has 0 N–H and O–H groups in total. The number of carbonyl (C=O) groups is 1. The molecule has 2 rings (SSSR count). The molecule has 0 fully saturated rings. The first-order valence-corrected chi connectivity index (χ1v) is 7.30. The quantitative estimate of drug-likeness (QED) is 0.806.